The van der Waals surface area contributed by atoms with E-state index in [1.165, 1.54) is 35.4 Å². The van der Waals surface area contributed by atoms with Gasteiger partial charge in [0.05, 0.1) is 18.1 Å². The van der Waals surface area contributed by atoms with Crippen LogP contribution in [0.1, 0.15) is 44.9 Å². The molecule has 1 amide bonds. The van der Waals surface area contributed by atoms with Crippen molar-refractivity contribution in [1.82, 2.24) is 0 Å². The number of thiophene rings is 1. The van der Waals surface area contributed by atoms with Gasteiger partial charge in [-0.25, -0.2) is 0 Å². The molecule has 2 heterocycles. The SMILES string of the molecule is Cc1cc(N2CCOCC2)ccc1NC(=O)c1cc2c(s1)CCCCC2. The summed E-state index contributed by atoms with van der Waals surface area (Å²) in [6, 6.07) is 8.39. The van der Waals surface area contributed by atoms with Gasteiger partial charge in [0.1, 0.15) is 0 Å². The maximum atomic E-state index is 12.7. The summed E-state index contributed by atoms with van der Waals surface area (Å²) in [5.41, 5.74) is 4.58. The highest BCUT2D eigenvalue weighted by Gasteiger charge is 2.18. The highest BCUT2D eigenvalue weighted by Crippen LogP contribution is 2.30. The number of anilines is 2. The summed E-state index contributed by atoms with van der Waals surface area (Å²) in [5, 5.41) is 3.11. The topological polar surface area (TPSA) is 41.6 Å². The summed E-state index contributed by atoms with van der Waals surface area (Å²) in [4.78, 5) is 17.3. The van der Waals surface area contributed by atoms with Crippen LogP contribution in [-0.4, -0.2) is 32.2 Å². The number of nitrogens with zero attached hydrogens (tertiary/aromatic N) is 1. The van der Waals surface area contributed by atoms with Crippen LogP contribution in [0.4, 0.5) is 11.4 Å². The molecule has 5 heteroatoms. The van der Waals surface area contributed by atoms with Crippen molar-refractivity contribution in [2.75, 3.05) is 36.5 Å². The Balaban J connectivity index is 1.47. The molecule has 1 aliphatic heterocycles. The molecule has 0 bridgehead atoms. The number of fused-ring (bicyclic) bond motifs is 1. The molecule has 2 aliphatic rings. The van der Waals surface area contributed by atoms with Gasteiger partial charge in [-0.15, -0.1) is 11.3 Å². The normalized spacial score (nSPS) is 17.5. The molecular formula is C21H26N2O2S. The molecule has 1 aromatic carbocycles. The molecule has 26 heavy (non-hydrogen) atoms. The van der Waals surface area contributed by atoms with Gasteiger partial charge in [-0.3, -0.25) is 4.79 Å². The van der Waals surface area contributed by atoms with Gasteiger partial charge in [0.15, 0.2) is 0 Å². The van der Waals surface area contributed by atoms with E-state index in [0.29, 0.717) is 0 Å². The van der Waals surface area contributed by atoms with E-state index in [-0.39, 0.29) is 5.91 Å². The van der Waals surface area contributed by atoms with Crippen LogP contribution in [0.15, 0.2) is 24.3 Å². The average molecular weight is 371 g/mol. The molecule has 4 nitrogen and oxygen atoms in total. The first-order valence-electron chi connectivity index (χ1n) is 9.57. The number of amides is 1. The highest BCUT2D eigenvalue weighted by molar-refractivity contribution is 7.14. The molecule has 0 spiro atoms. The molecular weight excluding hydrogens is 344 g/mol. The van der Waals surface area contributed by atoms with Crippen molar-refractivity contribution in [3.8, 4) is 0 Å². The number of morpholine rings is 1. The first-order valence-corrected chi connectivity index (χ1v) is 10.4. The Hall–Kier alpha value is -1.85. The fourth-order valence-corrected chi connectivity index (χ4v) is 4.92. The Morgan fingerprint density at radius 3 is 2.73 bits per heavy atom. The summed E-state index contributed by atoms with van der Waals surface area (Å²) >= 11 is 1.67. The van der Waals surface area contributed by atoms with Crippen molar-refractivity contribution >= 4 is 28.6 Å². The molecule has 4 rings (SSSR count). The van der Waals surface area contributed by atoms with Crippen molar-refractivity contribution in [3.05, 3.63) is 45.1 Å². The monoisotopic (exact) mass is 370 g/mol. The molecule has 0 radical (unpaired) electrons. The lowest BCUT2D eigenvalue weighted by molar-refractivity contribution is 0.103. The van der Waals surface area contributed by atoms with Crippen LogP contribution >= 0.6 is 11.3 Å². The maximum absolute atomic E-state index is 12.7. The van der Waals surface area contributed by atoms with E-state index >= 15 is 0 Å². The number of nitrogens with one attached hydrogen (secondary N) is 1. The zero-order chi connectivity index (χ0) is 17.9. The second-order valence-electron chi connectivity index (χ2n) is 7.17. The average Bonchev–Trinajstić information content (AvgIpc) is 2.95. The van der Waals surface area contributed by atoms with Crippen molar-refractivity contribution < 1.29 is 9.53 Å². The third-order valence-corrected chi connectivity index (χ3v) is 6.54. The maximum Gasteiger partial charge on any atom is 0.265 e. The van der Waals surface area contributed by atoms with Gasteiger partial charge in [0.25, 0.3) is 5.91 Å². The molecule has 2 aromatic rings. The van der Waals surface area contributed by atoms with Gasteiger partial charge in [-0.2, -0.15) is 0 Å². The molecule has 1 saturated heterocycles. The minimum Gasteiger partial charge on any atom is -0.378 e. The quantitative estimate of drug-likeness (QED) is 0.814. The van der Waals surface area contributed by atoms with Gasteiger partial charge in [-0.05, 0) is 68.0 Å². The second kappa shape index (κ2) is 7.80. The molecule has 0 unspecified atom stereocenters. The summed E-state index contributed by atoms with van der Waals surface area (Å²) in [5.74, 6) is 0.0188. The lowest BCUT2D eigenvalue weighted by atomic mass is 10.1. The van der Waals surface area contributed by atoms with Crippen LogP contribution < -0.4 is 10.2 Å². The van der Waals surface area contributed by atoms with Gasteiger partial charge in [-0.1, -0.05) is 6.42 Å². The Morgan fingerprint density at radius 2 is 1.92 bits per heavy atom. The molecule has 0 atom stereocenters. The van der Waals surface area contributed by atoms with Gasteiger partial charge < -0.3 is 15.0 Å². The number of carbonyl (C=O) groups is 1. The number of rotatable bonds is 3. The minimum absolute atomic E-state index is 0.0188. The zero-order valence-corrected chi connectivity index (χ0v) is 16.2. The highest BCUT2D eigenvalue weighted by atomic mass is 32.1. The first kappa shape index (κ1) is 17.6. The van der Waals surface area contributed by atoms with Gasteiger partial charge in [0.2, 0.25) is 0 Å². The Bertz CT molecular complexity index is 770. The molecule has 1 aromatic heterocycles. The molecule has 1 fully saturated rings. The number of carbonyl (C=O) groups excluding carboxylic acids is 1. The standard InChI is InChI=1S/C21H26N2O2S/c1-15-13-17(23-9-11-25-12-10-23)7-8-18(15)22-21(24)20-14-16-5-3-2-4-6-19(16)26-20/h7-8,13-14H,2-6,9-12H2,1H3,(H,22,24). The Labute approximate surface area is 159 Å². The van der Waals surface area contributed by atoms with E-state index in [0.717, 1.165) is 55.3 Å². The summed E-state index contributed by atoms with van der Waals surface area (Å²) in [6.45, 7) is 5.46. The van der Waals surface area contributed by atoms with Gasteiger partial charge >= 0.3 is 0 Å². The lowest BCUT2D eigenvalue weighted by Crippen LogP contribution is -2.36. The van der Waals surface area contributed by atoms with Crippen LogP contribution in [0.2, 0.25) is 0 Å². The van der Waals surface area contributed by atoms with Crippen LogP contribution in [0.3, 0.4) is 0 Å². The number of ether oxygens (including phenoxy) is 1. The molecule has 1 aliphatic carbocycles. The van der Waals surface area contributed by atoms with Crippen molar-refractivity contribution in [2.24, 2.45) is 0 Å². The number of hydrogen-bond acceptors (Lipinski definition) is 4. The minimum atomic E-state index is 0.0188. The van der Waals surface area contributed by atoms with E-state index in [4.69, 9.17) is 4.74 Å². The van der Waals surface area contributed by atoms with Crippen LogP contribution in [0.5, 0.6) is 0 Å². The Morgan fingerprint density at radius 1 is 1.12 bits per heavy atom. The van der Waals surface area contributed by atoms with E-state index in [2.05, 4.69) is 35.3 Å². The predicted molar refractivity (Wildman–Crippen MR) is 108 cm³/mol. The summed E-state index contributed by atoms with van der Waals surface area (Å²) in [7, 11) is 0. The lowest BCUT2D eigenvalue weighted by Gasteiger charge is -2.29. The van der Waals surface area contributed by atoms with Crippen molar-refractivity contribution in [2.45, 2.75) is 39.0 Å². The predicted octanol–water partition coefficient (Wildman–Crippen LogP) is 4.41. The number of aryl methyl sites for hydroxylation is 3. The smallest absolute Gasteiger partial charge is 0.265 e. The van der Waals surface area contributed by atoms with Crippen LogP contribution in [0.25, 0.3) is 0 Å². The molecule has 1 N–H and O–H groups in total. The van der Waals surface area contributed by atoms with E-state index in [1.54, 1.807) is 11.3 Å². The van der Waals surface area contributed by atoms with E-state index in [9.17, 15) is 4.79 Å². The van der Waals surface area contributed by atoms with E-state index in [1.807, 2.05) is 6.07 Å². The fraction of sp³-hybridized carbons (Fsp3) is 0.476. The second-order valence-corrected chi connectivity index (χ2v) is 8.31. The third kappa shape index (κ3) is 3.79. The number of benzene rings is 1. The van der Waals surface area contributed by atoms with Crippen molar-refractivity contribution in [1.29, 1.82) is 0 Å². The van der Waals surface area contributed by atoms with Crippen LogP contribution in [0, 0.1) is 6.92 Å². The van der Waals surface area contributed by atoms with Crippen LogP contribution in [-0.2, 0) is 17.6 Å². The zero-order valence-electron chi connectivity index (χ0n) is 15.3. The summed E-state index contributed by atoms with van der Waals surface area (Å²) in [6.07, 6.45) is 6.04. The third-order valence-electron chi connectivity index (χ3n) is 5.30. The fourth-order valence-electron chi connectivity index (χ4n) is 3.77. The molecule has 0 saturated carbocycles. The van der Waals surface area contributed by atoms with E-state index < -0.39 is 0 Å². The largest absolute Gasteiger partial charge is 0.378 e. The summed E-state index contributed by atoms with van der Waals surface area (Å²) < 4.78 is 5.42. The molecule has 138 valence electrons. The van der Waals surface area contributed by atoms with Crippen molar-refractivity contribution in [3.63, 3.8) is 0 Å². The first-order chi connectivity index (χ1) is 12.7. The number of hydrogen-bond donors (Lipinski definition) is 1. The van der Waals surface area contributed by atoms with Gasteiger partial charge in [0, 0.05) is 29.3 Å². The Kier molecular flexibility index (Phi) is 5.27.